The first-order valence-electron chi connectivity index (χ1n) is 11.9. The number of likely N-dealkylation sites (N-methyl/N-ethyl adjacent to an activating group) is 1. The van der Waals surface area contributed by atoms with E-state index in [0.29, 0.717) is 31.7 Å². The molecule has 0 spiro atoms. The number of rotatable bonds is 8. The molecule has 5 nitrogen and oxygen atoms in total. The zero-order valence-corrected chi connectivity index (χ0v) is 20.7. The molecule has 8 heteroatoms. The molecule has 3 rings (SSSR count). The highest BCUT2D eigenvalue weighted by atomic mass is 19.2. The average molecular weight is 491 g/mol. The van der Waals surface area contributed by atoms with Crippen LogP contribution in [0.15, 0.2) is 36.4 Å². The number of likely N-dealkylation sites (tertiary alicyclic amines) is 1. The summed E-state index contributed by atoms with van der Waals surface area (Å²) in [6.07, 6.45) is 2.15. The number of nitrogens with zero attached hydrogens (tertiary/aromatic N) is 2. The monoisotopic (exact) mass is 490 g/mol. The highest BCUT2D eigenvalue weighted by Crippen LogP contribution is 2.29. The molecule has 1 saturated heterocycles. The lowest BCUT2D eigenvalue weighted by molar-refractivity contribution is -0.134. The van der Waals surface area contributed by atoms with E-state index < -0.39 is 28.9 Å². The standard InChI is InChI=1S/C27H33F3N2O3/c1-17(2)14-24(33)31(3)23(16-18-6-5-7-20(15-18)35-4)19-10-12-32(13-11-19)27(34)25-21(28)8-9-22(29)26(25)30/h5-9,15,17,19,23H,10-14,16H2,1-4H3. The number of hydrogen-bond acceptors (Lipinski definition) is 3. The quantitative estimate of drug-likeness (QED) is 0.485. The van der Waals surface area contributed by atoms with Crippen molar-refractivity contribution in [2.24, 2.45) is 11.8 Å². The Morgan fingerprint density at radius 2 is 1.74 bits per heavy atom. The Kier molecular flexibility index (Phi) is 8.81. The van der Waals surface area contributed by atoms with Gasteiger partial charge in [-0.1, -0.05) is 26.0 Å². The van der Waals surface area contributed by atoms with E-state index in [-0.39, 0.29) is 36.9 Å². The fourth-order valence-corrected chi connectivity index (χ4v) is 4.71. The smallest absolute Gasteiger partial charge is 0.259 e. The summed E-state index contributed by atoms with van der Waals surface area (Å²) in [5, 5.41) is 0. The summed E-state index contributed by atoms with van der Waals surface area (Å²) >= 11 is 0. The number of halogens is 3. The lowest BCUT2D eigenvalue weighted by Crippen LogP contribution is -2.48. The average Bonchev–Trinajstić information content (AvgIpc) is 2.84. The second kappa shape index (κ2) is 11.6. The van der Waals surface area contributed by atoms with Crippen LogP contribution in [0.2, 0.25) is 0 Å². The number of amides is 2. The molecule has 1 aliphatic heterocycles. The van der Waals surface area contributed by atoms with Crippen molar-refractivity contribution in [1.82, 2.24) is 9.80 Å². The van der Waals surface area contributed by atoms with Crippen LogP contribution in [-0.4, -0.2) is 54.9 Å². The molecule has 35 heavy (non-hydrogen) atoms. The van der Waals surface area contributed by atoms with Gasteiger partial charge in [-0.3, -0.25) is 9.59 Å². The number of benzene rings is 2. The van der Waals surface area contributed by atoms with Gasteiger partial charge in [0.1, 0.15) is 17.1 Å². The van der Waals surface area contributed by atoms with Gasteiger partial charge in [0.15, 0.2) is 11.6 Å². The predicted molar refractivity (Wildman–Crippen MR) is 128 cm³/mol. The fraction of sp³-hybridized carbons (Fsp3) is 0.481. The predicted octanol–water partition coefficient (Wildman–Crippen LogP) is 5.08. The van der Waals surface area contributed by atoms with E-state index in [2.05, 4.69) is 0 Å². The Labute approximate surface area is 204 Å². The van der Waals surface area contributed by atoms with E-state index in [1.807, 2.05) is 45.2 Å². The summed E-state index contributed by atoms with van der Waals surface area (Å²) in [5.41, 5.74) is 0.168. The summed E-state index contributed by atoms with van der Waals surface area (Å²) in [6.45, 7) is 4.52. The van der Waals surface area contributed by atoms with Crippen molar-refractivity contribution in [3.8, 4) is 5.75 Å². The summed E-state index contributed by atoms with van der Waals surface area (Å²) in [7, 11) is 3.41. The first kappa shape index (κ1) is 26.6. The topological polar surface area (TPSA) is 49.9 Å². The minimum Gasteiger partial charge on any atom is -0.497 e. The maximum Gasteiger partial charge on any atom is 0.259 e. The Bertz CT molecular complexity index is 1050. The van der Waals surface area contributed by atoms with E-state index in [1.165, 1.54) is 4.90 Å². The van der Waals surface area contributed by atoms with Gasteiger partial charge in [-0.05, 0) is 60.9 Å². The van der Waals surface area contributed by atoms with Crippen molar-refractivity contribution in [3.05, 3.63) is 65.0 Å². The van der Waals surface area contributed by atoms with E-state index >= 15 is 0 Å². The van der Waals surface area contributed by atoms with Gasteiger partial charge in [0.05, 0.1) is 7.11 Å². The molecule has 1 unspecified atom stereocenters. The van der Waals surface area contributed by atoms with Crippen LogP contribution in [0.3, 0.4) is 0 Å². The van der Waals surface area contributed by atoms with Crippen LogP contribution in [0.1, 0.15) is 49.0 Å². The van der Waals surface area contributed by atoms with Gasteiger partial charge in [-0.25, -0.2) is 13.2 Å². The van der Waals surface area contributed by atoms with Crippen LogP contribution in [0, 0.1) is 29.3 Å². The fourth-order valence-electron chi connectivity index (χ4n) is 4.71. The lowest BCUT2D eigenvalue weighted by atomic mass is 9.84. The maximum absolute atomic E-state index is 14.2. The maximum atomic E-state index is 14.2. The first-order valence-corrected chi connectivity index (χ1v) is 11.9. The second-order valence-electron chi connectivity index (χ2n) is 9.57. The Morgan fingerprint density at radius 3 is 2.37 bits per heavy atom. The van der Waals surface area contributed by atoms with Gasteiger partial charge in [-0.2, -0.15) is 0 Å². The zero-order valence-electron chi connectivity index (χ0n) is 20.7. The molecule has 1 aliphatic rings. The Hall–Kier alpha value is -3.03. The van der Waals surface area contributed by atoms with Crippen molar-refractivity contribution in [2.75, 3.05) is 27.2 Å². The Balaban J connectivity index is 1.77. The number of carbonyl (C=O) groups excluding carboxylic acids is 2. The van der Waals surface area contributed by atoms with Crippen LogP contribution in [-0.2, 0) is 11.2 Å². The van der Waals surface area contributed by atoms with Crippen molar-refractivity contribution in [1.29, 1.82) is 0 Å². The van der Waals surface area contributed by atoms with Gasteiger partial charge in [-0.15, -0.1) is 0 Å². The van der Waals surface area contributed by atoms with Crippen molar-refractivity contribution in [3.63, 3.8) is 0 Å². The highest BCUT2D eigenvalue weighted by Gasteiger charge is 2.34. The molecule has 1 fully saturated rings. The normalized spacial score (nSPS) is 15.3. The molecule has 2 aromatic carbocycles. The largest absolute Gasteiger partial charge is 0.497 e. The SMILES string of the molecule is COc1cccc(CC(C2CCN(C(=O)c3c(F)ccc(F)c3F)CC2)N(C)C(=O)CC(C)C)c1. The molecule has 0 aliphatic carbocycles. The van der Waals surface area contributed by atoms with Crippen molar-refractivity contribution < 1.29 is 27.5 Å². The van der Waals surface area contributed by atoms with Crippen LogP contribution in [0.5, 0.6) is 5.75 Å². The van der Waals surface area contributed by atoms with Gasteiger partial charge in [0, 0.05) is 32.6 Å². The van der Waals surface area contributed by atoms with Crippen molar-refractivity contribution >= 4 is 11.8 Å². The number of carbonyl (C=O) groups is 2. The number of piperidine rings is 1. The molecule has 0 saturated carbocycles. The van der Waals surface area contributed by atoms with Gasteiger partial charge < -0.3 is 14.5 Å². The van der Waals surface area contributed by atoms with Crippen LogP contribution >= 0.6 is 0 Å². The van der Waals surface area contributed by atoms with Crippen LogP contribution < -0.4 is 4.74 Å². The highest BCUT2D eigenvalue weighted by molar-refractivity contribution is 5.94. The summed E-state index contributed by atoms with van der Waals surface area (Å²) in [4.78, 5) is 28.9. The van der Waals surface area contributed by atoms with Crippen LogP contribution in [0.4, 0.5) is 13.2 Å². The summed E-state index contributed by atoms with van der Waals surface area (Å²) in [5.74, 6) is -3.57. The zero-order chi connectivity index (χ0) is 25.7. The summed E-state index contributed by atoms with van der Waals surface area (Å²) < 4.78 is 47.2. The van der Waals surface area contributed by atoms with Crippen LogP contribution in [0.25, 0.3) is 0 Å². The molecule has 0 N–H and O–H groups in total. The van der Waals surface area contributed by atoms with E-state index in [0.717, 1.165) is 17.4 Å². The third-order valence-corrected chi connectivity index (χ3v) is 6.68. The number of methoxy groups -OCH3 is 1. The minimum atomic E-state index is -1.47. The molecule has 1 atom stereocenters. The first-order chi connectivity index (χ1) is 16.6. The third kappa shape index (κ3) is 6.35. The second-order valence-corrected chi connectivity index (χ2v) is 9.57. The molecule has 190 valence electrons. The lowest BCUT2D eigenvalue weighted by Gasteiger charge is -2.40. The molecule has 2 aromatic rings. The molecule has 0 aromatic heterocycles. The van der Waals surface area contributed by atoms with E-state index in [4.69, 9.17) is 4.74 Å². The Morgan fingerprint density at radius 1 is 1.09 bits per heavy atom. The van der Waals surface area contributed by atoms with E-state index in [9.17, 15) is 22.8 Å². The van der Waals surface area contributed by atoms with Gasteiger partial charge >= 0.3 is 0 Å². The minimum absolute atomic E-state index is 0.0512. The molecule has 0 bridgehead atoms. The van der Waals surface area contributed by atoms with E-state index in [1.54, 1.807) is 12.0 Å². The molecule has 1 heterocycles. The van der Waals surface area contributed by atoms with Gasteiger partial charge in [0.25, 0.3) is 5.91 Å². The molecular weight excluding hydrogens is 457 g/mol. The number of ether oxygens (including phenoxy) is 1. The van der Waals surface area contributed by atoms with Crippen molar-refractivity contribution in [2.45, 2.75) is 45.6 Å². The molecule has 0 radical (unpaired) electrons. The third-order valence-electron chi connectivity index (χ3n) is 6.68. The number of hydrogen-bond donors (Lipinski definition) is 0. The molecular formula is C27H33F3N2O3. The van der Waals surface area contributed by atoms with Gasteiger partial charge in [0.2, 0.25) is 5.91 Å². The molecule has 2 amide bonds. The summed E-state index contributed by atoms with van der Waals surface area (Å²) in [6, 6.07) is 9.02.